The Morgan fingerprint density at radius 1 is 1.33 bits per heavy atom. The van der Waals surface area contributed by atoms with Crippen molar-refractivity contribution in [2.75, 3.05) is 0 Å². The fraction of sp³-hybridized carbons (Fsp3) is 0.111. The molecule has 3 nitrogen and oxygen atoms in total. The second-order valence-corrected chi connectivity index (χ2v) is 2.55. The third-order valence-corrected chi connectivity index (χ3v) is 1.69. The van der Waals surface area contributed by atoms with Gasteiger partial charge in [0.1, 0.15) is 6.33 Å². The minimum absolute atomic E-state index is 0.879. The summed E-state index contributed by atoms with van der Waals surface area (Å²) in [6.45, 7) is 0. The number of benzene rings is 1. The lowest BCUT2D eigenvalue weighted by atomic mass is 10.2. The van der Waals surface area contributed by atoms with Gasteiger partial charge in [0.2, 0.25) is 0 Å². The van der Waals surface area contributed by atoms with Crippen molar-refractivity contribution < 1.29 is 0 Å². The maximum atomic E-state index is 3.99. The number of hydrogen-bond donors (Lipinski definition) is 0. The molecule has 12 heavy (non-hydrogen) atoms. The molecular formula is C9H8N3. The normalized spacial score (nSPS) is 10.1. The van der Waals surface area contributed by atoms with Crippen LogP contribution in [0, 0.1) is 6.07 Å². The van der Waals surface area contributed by atoms with E-state index in [1.165, 1.54) is 0 Å². The summed E-state index contributed by atoms with van der Waals surface area (Å²) in [6.07, 6.45) is 1.69. The molecule has 0 spiro atoms. The smallest absolute Gasteiger partial charge is 0.163 e. The molecular weight excluding hydrogens is 150 g/mol. The fourth-order valence-electron chi connectivity index (χ4n) is 1.08. The van der Waals surface area contributed by atoms with Crippen LogP contribution in [0.4, 0.5) is 0 Å². The first-order valence-corrected chi connectivity index (χ1v) is 3.68. The minimum atomic E-state index is 0.879. The summed E-state index contributed by atoms with van der Waals surface area (Å²) in [5, 5.41) is 7.79. The van der Waals surface area contributed by atoms with Gasteiger partial charge in [-0.05, 0) is 6.07 Å². The van der Waals surface area contributed by atoms with E-state index in [1.54, 1.807) is 6.33 Å². The molecule has 1 heterocycles. The Labute approximate surface area is 70.7 Å². The maximum absolute atomic E-state index is 3.99. The largest absolute Gasteiger partial charge is 0.317 e. The van der Waals surface area contributed by atoms with Crippen molar-refractivity contribution in [1.29, 1.82) is 0 Å². The molecule has 0 fully saturated rings. The zero-order valence-electron chi connectivity index (χ0n) is 6.73. The van der Waals surface area contributed by atoms with Gasteiger partial charge in [-0.2, -0.15) is 0 Å². The van der Waals surface area contributed by atoms with E-state index in [4.69, 9.17) is 0 Å². The maximum Gasteiger partial charge on any atom is 0.163 e. The van der Waals surface area contributed by atoms with Crippen LogP contribution in [0.3, 0.4) is 0 Å². The molecule has 0 saturated carbocycles. The van der Waals surface area contributed by atoms with Gasteiger partial charge in [0.25, 0.3) is 0 Å². The highest BCUT2D eigenvalue weighted by Crippen LogP contribution is 2.13. The summed E-state index contributed by atoms with van der Waals surface area (Å²) in [4.78, 5) is 0. The molecule has 1 radical (unpaired) electrons. The van der Waals surface area contributed by atoms with Crippen molar-refractivity contribution in [3.8, 4) is 11.4 Å². The van der Waals surface area contributed by atoms with Gasteiger partial charge in [0, 0.05) is 12.6 Å². The summed E-state index contributed by atoms with van der Waals surface area (Å²) < 4.78 is 1.88. The third kappa shape index (κ3) is 1.09. The molecule has 59 valence electrons. The third-order valence-electron chi connectivity index (χ3n) is 1.69. The van der Waals surface area contributed by atoms with Gasteiger partial charge in [-0.1, -0.05) is 24.3 Å². The van der Waals surface area contributed by atoms with Gasteiger partial charge in [-0.3, -0.25) is 0 Å². The topological polar surface area (TPSA) is 30.7 Å². The Kier molecular flexibility index (Phi) is 1.63. The molecule has 1 aromatic carbocycles. The van der Waals surface area contributed by atoms with E-state index in [2.05, 4.69) is 16.3 Å². The molecule has 0 atom stereocenters. The Morgan fingerprint density at radius 3 is 2.67 bits per heavy atom. The highest BCUT2D eigenvalue weighted by molar-refractivity contribution is 5.53. The zero-order valence-corrected chi connectivity index (χ0v) is 6.73. The average Bonchev–Trinajstić information content (AvgIpc) is 2.53. The van der Waals surface area contributed by atoms with E-state index in [-0.39, 0.29) is 0 Å². The molecule has 0 amide bonds. The summed E-state index contributed by atoms with van der Waals surface area (Å²) in [5.41, 5.74) is 1.06. The standard InChI is InChI=1S/C9H8N3/c1-12-7-10-11-9(12)8-5-3-2-4-6-8/h3-7H,1H3. The van der Waals surface area contributed by atoms with Gasteiger partial charge in [0.15, 0.2) is 5.82 Å². The zero-order chi connectivity index (χ0) is 8.39. The predicted octanol–water partition coefficient (Wildman–Crippen LogP) is 1.28. The van der Waals surface area contributed by atoms with Crippen LogP contribution in [-0.2, 0) is 7.05 Å². The first kappa shape index (κ1) is 7.03. The summed E-state index contributed by atoms with van der Waals surface area (Å²) in [7, 11) is 1.92. The van der Waals surface area contributed by atoms with E-state index in [0.717, 1.165) is 11.4 Å². The molecule has 2 rings (SSSR count). The van der Waals surface area contributed by atoms with E-state index in [9.17, 15) is 0 Å². The van der Waals surface area contributed by atoms with Crippen LogP contribution in [0.25, 0.3) is 11.4 Å². The van der Waals surface area contributed by atoms with Crippen LogP contribution >= 0.6 is 0 Å². The fourth-order valence-corrected chi connectivity index (χ4v) is 1.08. The van der Waals surface area contributed by atoms with Crippen molar-refractivity contribution in [3.05, 3.63) is 36.7 Å². The molecule has 0 aliphatic heterocycles. The molecule has 0 aliphatic carbocycles. The van der Waals surface area contributed by atoms with Crippen molar-refractivity contribution >= 4 is 0 Å². The van der Waals surface area contributed by atoms with Crippen LogP contribution in [-0.4, -0.2) is 14.8 Å². The quantitative estimate of drug-likeness (QED) is 0.626. The molecule has 0 aliphatic rings. The minimum Gasteiger partial charge on any atom is -0.317 e. The number of hydrogen-bond acceptors (Lipinski definition) is 2. The lowest BCUT2D eigenvalue weighted by molar-refractivity contribution is 0.920. The molecule has 0 saturated heterocycles. The molecule has 1 aromatic heterocycles. The van der Waals surface area contributed by atoms with Crippen LogP contribution in [0.1, 0.15) is 0 Å². The molecule has 0 bridgehead atoms. The van der Waals surface area contributed by atoms with Crippen LogP contribution in [0.15, 0.2) is 30.6 Å². The summed E-state index contributed by atoms with van der Waals surface area (Å²) >= 11 is 0. The average molecular weight is 158 g/mol. The molecule has 0 N–H and O–H groups in total. The second-order valence-electron chi connectivity index (χ2n) is 2.55. The van der Waals surface area contributed by atoms with Crippen molar-refractivity contribution in [2.45, 2.75) is 0 Å². The number of nitrogens with zero attached hydrogens (tertiary/aromatic N) is 3. The van der Waals surface area contributed by atoms with Crippen LogP contribution in [0.2, 0.25) is 0 Å². The Hall–Kier alpha value is -1.64. The number of aryl methyl sites for hydroxylation is 1. The SMILES string of the molecule is Cn1cnnc1-c1cc[c]cc1. The monoisotopic (exact) mass is 158 g/mol. The molecule has 2 aromatic rings. The van der Waals surface area contributed by atoms with Crippen LogP contribution in [0.5, 0.6) is 0 Å². The number of aromatic nitrogens is 3. The van der Waals surface area contributed by atoms with Crippen LogP contribution < -0.4 is 0 Å². The summed E-state index contributed by atoms with van der Waals surface area (Å²) in [5.74, 6) is 0.879. The van der Waals surface area contributed by atoms with Crippen molar-refractivity contribution in [3.63, 3.8) is 0 Å². The summed E-state index contributed by atoms with van der Waals surface area (Å²) in [6, 6.07) is 10.6. The second kappa shape index (κ2) is 2.77. The number of rotatable bonds is 1. The lowest BCUT2D eigenvalue weighted by Crippen LogP contribution is -1.90. The highest BCUT2D eigenvalue weighted by atomic mass is 15.2. The first-order valence-electron chi connectivity index (χ1n) is 3.68. The molecule has 3 heteroatoms. The molecule has 0 unspecified atom stereocenters. The van der Waals surface area contributed by atoms with Crippen molar-refractivity contribution in [2.24, 2.45) is 7.05 Å². The van der Waals surface area contributed by atoms with Crippen molar-refractivity contribution in [1.82, 2.24) is 14.8 Å². The van der Waals surface area contributed by atoms with Gasteiger partial charge in [-0.25, -0.2) is 0 Å². The van der Waals surface area contributed by atoms with Gasteiger partial charge >= 0.3 is 0 Å². The van der Waals surface area contributed by atoms with E-state index < -0.39 is 0 Å². The van der Waals surface area contributed by atoms with E-state index in [0.29, 0.717) is 0 Å². The highest BCUT2D eigenvalue weighted by Gasteiger charge is 2.01. The Balaban J connectivity index is 2.51. The van der Waals surface area contributed by atoms with Gasteiger partial charge in [-0.15, -0.1) is 10.2 Å². The Bertz CT molecular complexity index is 364. The van der Waals surface area contributed by atoms with Gasteiger partial charge < -0.3 is 4.57 Å². The Morgan fingerprint density at radius 2 is 2.08 bits per heavy atom. The predicted molar refractivity (Wildman–Crippen MR) is 45.3 cm³/mol. The first-order chi connectivity index (χ1) is 5.88. The lowest BCUT2D eigenvalue weighted by Gasteiger charge is -1.97. The van der Waals surface area contributed by atoms with E-state index in [1.807, 2.05) is 35.9 Å². The van der Waals surface area contributed by atoms with E-state index >= 15 is 0 Å². The van der Waals surface area contributed by atoms with Gasteiger partial charge in [0.05, 0.1) is 0 Å².